The number of hydrogen-bond donors (Lipinski definition) is 1. The molecule has 0 atom stereocenters. The van der Waals surface area contributed by atoms with Crippen molar-refractivity contribution in [2.24, 2.45) is 0 Å². The Kier molecular flexibility index (Phi) is 5.85. The normalized spacial score (nSPS) is 11.0. The first-order chi connectivity index (χ1) is 11.6. The third kappa shape index (κ3) is 4.55. The average molecular weight is 381 g/mol. The molecule has 0 aliphatic carbocycles. The van der Waals surface area contributed by atoms with E-state index in [1.54, 1.807) is 6.07 Å². The second-order valence-electron chi connectivity index (χ2n) is 5.44. The molecule has 0 amide bonds. The summed E-state index contributed by atoms with van der Waals surface area (Å²) in [4.78, 5) is 0. The largest absolute Gasteiger partial charge is 0.460 e. The molecule has 3 aromatic rings. The van der Waals surface area contributed by atoms with Gasteiger partial charge in [0.15, 0.2) is 0 Å². The zero-order valence-electron chi connectivity index (χ0n) is 12.9. The van der Waals surface area contributed by atoms with E-state index in [-0.39, 0.29) is 0 Å². The van der Waals surface area contributed by atoms with Crippen LogP contribution in [0.2, 0.25) is 15.1 Å². The first-order valence-electron chi connectivity index (χ1n) is 7.61. The van der Waals surface area contributed by atoms with Crippen molar-refractivity contribution in [3.63, 3.8) is 0 Å². The summed E-state index contributed by atoms with van der Waals surface area (Å²) >= 11 is 18.0. The molecule has 0 bridgehead atoms. The van der Waals surface area contributed by atoms with Gasteiger partial charge in [0.2, 0.25) is 0 Å². The lowest BCUT2D eigenvalue weighted by Gasteiger charge is -2.06. The van der Waals surface area contributed by atoms with Crippen molar-refractivity contribution in [2.75, 3.05) is 6.54 Å². The third-order valence-corrected chi connectivity index (χ3v) is 4.51. The lowest BCUT2D eigenvalue weighted by molar-refractivity contribution is 0.495. The molecule has 1 N–H and O–H groups in total. The van der Waals surface area contributed by atoms with Crippen molar-refractivity contribution in [3.8, 4) is 11.3 Å². The number of benzene rings is 2. The SMILES string of the molecule is Clc1ccc(-c2ccc(CNCCc3ccc(Cl)cc3Cl)o2)cc1. The number of hydrogen-bond acceptors (Lipinski definition) is 2. The molecule has 3 rings (SSSR count). The Labute approximate surface area is 156 Å². The van der Waals surface area contributed by atoms with Gasteiger partial charge in [0, 0.05) is 20.6 Å². The van der Waals surface area contributed by atoms with E-state index in [0.29, 0.717) is 21.6 Å². The van der Waals surface area contributed by atoms with E-state index in [1.807, 2.05) is 48.5 Å². The zero-order chi connectivity index (χ0) is 16.9. The van der Waals surface area contributed by atoms with Gasteiger partial charge in [-0.25, -0.2) is 0 Å². The average Bonchev–Trinajstić information content (AvgIpc) is 3.03. The molecule has 1 aromatic heterocycles. The third-order valence-electron chi connectivity index (χ3n) is 3.68. The van der Waals surface area contributed by atoms with Crippen molar-refractivity contribution in [1.82, 2.24) is 5.32 Å². The van der Waals surface area contributed by atoms with Gasteiger partial charge in [-0.05, 0) is 67.1 Å². The van der Waals surface area contributed by atoms with Gasteiger partial charge in [-0.3, -0.25) is 0 Å². The number of halogens is 3. The summed E-state index contributed by atoms with van der Waals surface area (Å²) in [6.07, 6.45) is 0.834. The zero-order valence-corrected chi connectivity index (χ0v) is 15.1. The van der Waals surface area contributed by atoms with Crippen molar-refractivity contribution in [1.29, 1.82) is 0 Å². The van der Waals surface area contributed by atoms with E-state index in [4.69, 9.17) is 39.2 Å². The fraction of sp³-hybridized carbons (Fsp3) is 0.158. The fourth-order valence-electron chi connectivity index (χ4n) is 2.40. The Hall–Kier alpha value is -1.45. The molecule has 0 unspecified atom stereocenters. The molecule has 0 spiro atoms. The summed E-state index contributed by atoms with van der Waals surface area (Å²) in [5.74, 6) is 1.73. The maximum Gasteiger partial charge on any atom is 0.134 e. The van der Waals surface area contributed by atoms with Gasteiger partial charge in [-0.1, -0.05) is 40.9 Å². The summed E-state index contributed by atoms with van der Waals surface area (Å²) < 4.78 is 5.85. The van der Waals surface area contributed by atoms with Crippen molar-refractivity contribution in [3.05, 3.63) is 81.0 Å². The highest BCUT2D eigenvalue weighted by molar-refractivity contribution is 6.35. The monoisotopic (exact) mass is 379 g/mol. The van der Waals surface area contributed by atoms with E-state index < -0.39 is 0 Å². The van der Waals surface area contributed by atoms with E-state index in [0.717, 1.165) is 35.6 Å². The Morgan fingerprint density at radius 3 is 2.33 bits per heavy atom. The molecule has 124 valence electrons. The summed E-state index contributed by atoms with van der Waals surface area (Å²) in [6, 6.07) is 17.1. The van der Waals surface area contributed by atoms with Gasteiger partial charge in [0.05, 0.1) is 6.54 Å². The summed E-state index contributed by atoms with van der Waals surface area (Å²) in [6.45, 7) is 1.47. The fourth-order valence-corrected chi connectivity index (χ4v) is 3.03. The highest BCUT2D eigenvalue weighted by Gasteiger charge is 2.05. The maximum absolute atomic E-state index is 6.17. The summed E-state index contributed by atoms with van der Waals surface area (Å²) in [5.41, 5.74) is 2.09. The Morgan fingerprint density at radius 2 is 1.58 bits per heavy atom. The number of rotatable bonds is 6. The van der Waals surface area contributed by atoms with Crippen LogP contribution in [0.15, 0.2) is 59.0 Å². The van der Waals surface area contributed by atoms with Crippen LogP contribution in [0.25, 0.3) is 11.3 Å². The van der Waals surface area contributed by atoms with Crippen LogP contribution in [0, 0.1) is 0 Å². The van der Waals surface area contributed by atoms with Crippen molar-refractivity contribution in [2.45, 2.75) is 13.0 Å². The van der Waals surface area contributed by atoms with Crippen LogP contribution in [0.1, 0.15) is 11.3 Å². The van der Waals surface area contributed by atoms with E-state index in [2.05, 4.69) is 5.32 Å². The van der Waals surface area contributed by atoms with Crippen LogP contribution >= 0.6 is 34.8 Å². The van der Waals surface area contributed by atoms with Gasteiger partial charge in [-0.15, -0.1) is 0 Å². The predicted molar refractivity (Wildman–Crippen MR) is 101 cm³/mol. The molecular weight excluding hydrogens is 365 g/mol. The van der Waals surface area contributed by atoms with Crippen LogP contribution in [0.4, 0.5) is 0 Å². The number of nitrogens with one attached hydrogen (secondary N) is 1. The van der Waals surface area contributed by atoms with E-state index in [9.17, 15) is 0 Å². The van der Waals surface area contributed by atoms with Gasteiger partial charge >= 0.3 is 0 Å². The molecule has 2 nitrogen and oxygen atoms in total. The highest BCUT2D eigenvalue weighted by atomic mass is 35.5. The molecule has 0 aliphatic rings. The lowest BCUT2D eigenvalue weighted by atomic mass is 10.1. The lowest BCUT2D eigenvalue weighted by Crippen LogP contribution is -2.16. The highest BCUT2D eigenvalue weighted by Crippen LogP contribution is 2.24. The van der Waals surface area contributed by atoms with Gasteiger partial charge < -0.3 is 9.73 Å². The van der Waals surface area contributed by atoms with Crippen molar-refractivity contribution < 1.29 is 4.42 Å². The molecular formula is C19H16Cl3NO. The molecule has 2 aromatic carbocycles. The van der Waals surface area contributed by atoms with E-state index in [1.165, 1.54) is 0 Å². The minimum absolute atomic E-state index is 0.655. The Morgan fingerprint density at radius 1 is 0.833 bits per heavy atom. The Balaban J connectivity index is 1.51. The summed E-state index contributed by atoms with van der Waals surface area (Å²) in [5, 5.41) is 5.43. The first kappa shape index (κ1) is 17.4. The molecule has 1 heterocycles. The van der Waals surface area contributed by atoms with Gasteiger partial charge in [-0.2, -0.15) is 0 Å². The van der Waals surface area contributed by atoms with Crippen LogP contribution in [0.3, 0.4) is 0 Å². The smallest absolute Gasteiger partial charge is 0.134 e. The second kappa shape index (κ2) is 8.09. The second-order valence-corrected chi connectivity index (χ2v) is 6.72. The molecule has 0 aliphatic heterocycles. The van der Waals surface area contributed by atoms with Crippen LogP contribution in [-0.4, -0.2) is 6.54 Å². The quantitative estimate of drug-likeness (QED) is 0.512. The minimum atomic E-state index is 0.655. The van der Waals surface area contributed by atoms with E-state index >= 15 is 0 Å². The Bertz CT molecular complexity index is 812. The predicted octanol–water partition coefficient (Wildman–Crippen LogP) is 6.24. The van der Waals surface area contributed by atoms with Gasteiger partial charge in [0.1, 0.15) is 11.5 Å². The summed E-state index contributed by atoms with van der Waals surface area (Å²) in [7, 11) is 0. The maximum atomic E-state index is 6.17. The topological polar surface area (TPSA) is 25.2 Å². The van der Waals surface area contributed by atoms with Gasteiger partial charge in [0.25, 0.3) is 0 Å². The molecule has 24 heavy (non-hydrogen) atoms. The molecule has 5 heteroatoms. The molecule has 0 radical (unpaired) electrons. The molecule has 0 saturated heterocycles. The van der Waals surface area contributed by atoms with Crippen LogP contribution in [-0.2, 0) is 13.0 Å². The van der Waals surface area contributed by atoms with Crippen molar-refractivity contribution >= 4 is 34.8 Å². The molecule has 0 fully saturated rings. The van der Waals surface area contributed by atoms with Crippen LogP contribution in [0.5, 0.6) is 0 Å². The van der Waals surface area contributed by atoms with Crippen LogP contribution < -0.4 is 5.32 Å². The minimum Gasteiger partial charge on any atom is -0.460 e. The molecule has 0 saturated carbocycles. The standard InChI is InChI=1S/C19H16Cl3NO/c20-15-4-2-14(3-5-15)19-8-7-17(24-19)12-23-10-9-13-1-6-16(21)11-18(13)22/h1-8,11,23H,9-10,12H2. The first-order valence-corrected chi connectivity index (χ1v) is 8.74. The number of furan rings is 1.